The van der Waals surface area contributed by atoms with Crippen LogP contribution in [-0.4, -0.2) is 19.5 Å². The van der Waals surface area contributed by atoms with Crippen molar-refractivity contribution in [2.24, 2.45) is 0 Å². The van der Waals surface area contributed by atoms with Gasteiger partial charge in [-0.1, -0.05) is 207 Å². The molecule has 310 valence electrons. The standard InChI is InChI=1S/C61H40N4O/c1-2-38-24-34-48-46(36-38)33-35-51-50-21-13-22-52(55-47-19-10-9-18-45(47)37-53-49-20-11-12-23-54(49)66-58(53)55)57(50)65(56(48)51)61-63-59(43-29-25-41(26-30-43)39-14-5-3-6-15-39)62-60(64-61)44-31-27-42(28-32-44)40-16-7-4-8-17-40/h3-37H,2H2,1H3. The molecule has 0 unspecified atom stereocenters. The van der Waals surface area contributed by atoms with Crippen molar-refractivity contribution in [3.63, 3.8) is 0 Å². The molecule has 13 aromatic rings. The first kappa shape index (κ1) is 37.8. The second kappa shape index (κ2) is 15.3. The minimum atomic E-state index is 0.537. The second-order valence-corrected chi connectivity index (χ2v) is 17.0. The topological polar surface area (TPSA) is 56.7 Å². The minimum absolute atomic E-state index is 0.537. The van der Waals surface area contributed by atoms with Crippen molar-refractivity contribution in [2.45, 2.75) is 13.3 Å². The fraction of sp³-hybridized carbons (Fsp3) is 0.0328. The predicted octanol–water partition coefficient (Wildman–Crippen LogP) is 16.1. The summed E-state index contributed by atoms with van der Waals surface area (Å²) in [6.07, 6.45) is 0.946. The van der Waals surface area contributed by atoms with E-state index in [2.05, 4.69) is 206 Å². The molecule has 13 rings (SSSR count). The minimum Gasteiger partial charge on any atom is -0.455 e. The number of fused-ring (bicyclic) bond motifs is 9. The summed E-state index contributed by atoms with van der Waals surface area (Å²) in [6.45, 7) is 2.21. The van der Waals surface area contributed by atoms with Crippen molar-refractivity contribution in [3.05, 3.63) is 218 Å². The largest absolute Gasteiger partial charge is 0.455 e. The zero-order valence-electron chi connectivity index (χ0n) is 36.1. The van der Waals surface area contributed by atoms with Crippen molar-refractivity contribution in [3.8, 4) is 62.1 Å². The molecule has 0 saturated heterocycles. The van der Waals surface area contributed by atoms with Crippen LogP contribution in [0.5, 0.6) is 0 Å². The highest BCUT2D eigenvalue weighted by Crippen LogP contribution is 2.46. The van der Waals surface area contributed by atoms with E-state index in [1.165, 1.54) is 10.9 Å². The van der Waals surface area contributed by atoms with Crippen LogP contribution in [0.3, 0.4) is 0 Å². The van der Waals surface area contributed by atoms with Crippen molar-refractivity contribution in [1.29, 1.82) is 0 Å². The summed E-state index contributed by atoms with van der Waals surface area (Å²) in [4.78, 5) is 16.3. The Morgan fingerprint density at radius 3 is 1.62 bits per heavy atom. The van der Waals surface area contributed by atoms with Gasteiger partial charge in [-0.15, -0.1) is 0 Å². The lowest BCUT2D eigenvalue weighted by molar-refractivity contribution is 0.670. The van der Waals surface area contributed by atoms with Crippen molar-refractivity contribution in [1.82, 2.24) is 19.5 Å². The highest BCUT2D eigenvalue weighted by Gasteiger charge is 2.25. The molecule has 5 heteroatoms. The van der Waals surface area contributed by atoms with Crippen LogP contribution in [0.25, 0.3) is 127 Å². The number of para-hydroxylation sites is 2. The number of hydrogen-bond donors (Lipinski definition) is 0. The summed E-state index contributed by atoms with van der Waals surface area (Å²) in [5.41, 5.74) is 13.5. The molecule has 66 heavy (non-hydrogen) atoms. The summed E-state index contributed by atoms with van der Waals surface area (Å²) in [5.74, 6) is 1.72. The van der Waals surface area contributed by atoms with Crippen molar-refractivity contribution >= 4 is 65.3 Å². The molecule has 0 aliphatic rings. The third-order valence-electron chi connectivity index (χ3n) is 13.2. The quantitative estimate of drug-likeness (QED) is 0.160. The first-order chi connectivity index (χ1) is 32.7. The lowest BCUT2D eigenvalue weighted by Crippen LogP contribution is -2.07. The number of hydrogen-bond acceptors (Lipinski definition) is 4. The fourth-order valence-electron chi connectivity index (χ4n) is 9.95. The SMILES string of the molecule is CCc1ccc2c(ccc3c4cccc(-c5c6ccccc6cc6c5oc5ccccc56)c4n(-c4nc(-c5ccc(-c6ccccc6)cc5)nc(-c5ccc(-c6ccccc6)cc5)n4)c23)c1. The van der Waals surface area contributed by atoms with Crippen LogP contribution in [0.1, 0.15) is 12.5 Å². The van der Waals surface area contributed by atoms with Gasteiger partial charge in [0.1, 0.15) is 11.2 Å². The Kier molecular flexibility index (Phi) is 8.75. The van der Waals surface area contributed by atoms with Crippen LogP contribution >= 0.6 is 0 Å². The Morgan fingerprint density at radius 1 is 0.394 bits per heavy atom. The Balaban J connectivity index is 1.14. The average molecular weight is 845 g/mol. The maximum absolute atomic E-state index is 6.90. The van der Waals surface area contributed by atoms with Crippen molar-refractivity contribution < 1.29 is 4.42 Å². The molecule has 0 aliphatic carbocycles. The highest BCUT2D eigenvalue weighted by atomic mass is 16.3. The lowest BCUT2D eigenvalue weighted by Gasteiger charge is -2.15. The Hall–Kier alpha value is -8.67. The van der Waals surface area contributed by atoms with Gasteiger partial charge in [-0.3, -0.25) is 4.57 Å². The van der Waals surface area contributed by atoms with Gasteiger partial charge in [0, 0.05) is 49.2 Å². The number of nitrogens with zero attached hydrogens (tertiary/aromatic N) is 4. The van der Waals surface area contributed by atoms with E-state index in [-0.39, 0.29) is 0 Å². The van der Waals surface area contributed by atoms with E-state index < -0.39 is 0 Å². The van der Waals surface area contributed by atoms with E-state index in [1.807, 2.05) is 18.2 Å². The van der Waals surface area contributed by atoms with Gasteiger partial charge in [-0.05, 0) is 62.5 Å². The smallest absolute Gasteiger partial charge is 0.238 e. The number of furan rings is 1. The van der Waals surface area contributed by atoms with Gasteiger partial charge in [0.15, 0.2) is 11.6 Å². The Morgan fingerprint density at radius 2 is 0.939 bits per heavy atom. The van der Waals surface area contributed by atoms with E-state index >= 15 is 0 Å². The normalized spacial score (nSPS) is 11.8. The van der Waals surface area contributed by atoms with Gasteiger partial charge < -0.3 is 4.42 Å². The van der Waals surface area contributed by atoms with E-state index in [0.717, 1.165) is 111 Å². The molecule has 0 spiro atoms. The van der Waals surface area contributed by atoms with E-state index in [9.17, 15) is 0 Å². The zero-order chi connectivity index (χ0) is 43.7. The molecule has 0 bridgehead atoms. The molecule has 3 heterocycles. The molecule has 0 atom stereocenters. The van der Waals surface area contributed by atoms with Crippen LogP contribution in [0.15, 0.2) is 217 Å². The van der Waals surface area contributed by atoms with Gasteiger partial charge in [-0.25, -0.2) is 4.98 Å². The number of benzene rings is 10. The third-order valence-corrected chi connectivity index (χ3v) is 13.2. The molecule has 0 amide bonds. The molecular formula is C61H40N4O. The van der Waals surface area contributed by atoms with Gasteiger partial charge in [0.25, 0.3) is 0 Å². The highest BCUT2D eigenvalue weighted by molar-refractivity contribution is 6.25. The van der Waals surface area contributed by atoms with E-state index in [4.69, 9.17) is 19.4 Å². The number of aromatic nitrogens is 4. The van der Waals surface area contributed by atoms with Gasteiger partial charge >= 0.3 is 0 Å². The molecule has 0 radical (unpaired) electrons. The van der Waals surface area contributed by atoms with Crippen LogP contribution in [-0.2, 0) is 6.42 Å². The molecule has 3 aromatic heterocycles. The second-order valence-electron chi connectivity index (χ2n) is 17.0. The molecular weight excluding hydrogens is 805 g/mol. The lowest BCUT2D eigenvalue weighted by atomic mass is 9.93. The molecule has 0 fully saturated rings. The van der Waals surface area contributed by atoms with Crippen LogP contribution in [0.2, 0.25) is 0 Å². The molecule has 5 nitrogen and oxygen atoms in total. The zero-order valence-corrected chi connectivity index (χ0v) is 36.1. The molecule has 0 saturated carbocycles. The number of rotatable bonds is 7. The van der Waals surface area contributed by atoms with Crippen LogP contribution in [0, 0.1) is 0 Å². The Labute approximate surface area is 380 Å². The Bertz CT molecular complexity index is 3900. The first-order valence-electron chi connectivity index (χ1n) is 22.6. The van der Waals surface area contributed by atoms with Gasteiger partial charge in [0.2, 0.25) is 5.95 Å². The van der Waals surface area contributed by atoms with Gasteiger partial charge in [0.05, 0.1) is 11.0 Å². The monoisotopic (exact) mass is 844 g/mol. The van der Waals surface area contributed by atoms with Gasteiger partial charge in [-0.2, -0.15) is 9.97 Å². The first-order valence-corrected chi connectivity index (χ1v) is 22.6. The summed E-state index contributed by atoms with van der Waals surface area (Å²) < 4.78 is 9.20. The van der Waals surface area contributed by atoms with E-state index in [0.29, 0.717) is 17.6 Å². The van der Waals surface area contributed by atoms with Crippen LogP contribution < -0.4 is 0 Å². The summed E-state index contributed by atoms with van der Waals surface area (Å²) in [5, 5.41) is 8.94. The maximum Gasteiger partial charge on any atom is 0.238 e. The average Bonchev–Trinajstić information content (AvgIpc) is 3.94. The molecule has 10 aromatic carbocycles. The van der Waals surface area contributed by atoms with E-state index in [1.54, 1.807) is 0 Å². The fourth-order valence-corrected chi connectivity index (χ4v) is 9.95. The summed E-state index contributed by atoms with van der Waals surface area (Å²) in [7, 11) is 0. The summed E-state index contributed by atoms with van der Waals surface area (Å²) >= 11 is 0. The molecule has 0 N–H and O–H groups in total. The summed E-state index contributed by atoms with van der Waals surface area (Å²) in [6, 6.07) is 75.3. The predicted molar refractivity (Wildman–Crippen MR) is 273 cm³/mol. The third kappa shape index (κ3) is 6.12. The van der Waals surface area contributed by atoms with Crippen LogP contribution in [0.4, 0.5) is 0 Å². The number of aryl methyl sites for hydroxylation is 1. The molecule has 0 aliphatic heterocycles. The maximum atomic E-state index is 6.90. The van der Waals surface area contributed by atoms with Crippen molar-refractivity contribution in [2.75, 3.05) is 0 Å².